The Bertz CT molecular complexity index is 485. The highest BCUT2D eigenvalue weighted by molar-refractivity contribution is 7.89. The Balaban J connectivity index is 2.57. The van der Waals surface area contributed by atoms with Gasteiger partial charge in [-0.3, -0.25) is 4.79 Å². The molecular weight excluding hydrogens is 258 g/mol. The number of nitrogens with one attached hydrogen (secondary N) is 1. The van der Waals surface area contributed by atoms with Gasteiger partial charge in [0, 0.05) is 0 Å². The number of benzene rings is 1. The smallest absolute Gasteiger partial charge is 0.324 e. The van der Waals surface area contributed by atoms with Crippen LogP contribution in [0.2, 0.25) is 0 Å². The van der Waals surface area contributed by atoms with Crippen molar-refractivity contribution >= 4 is 16.0 Å². The molecule has 0 aliphatic rings. The first-order valence-corrected chi connectivity index (χ1v) is 6.97. The van der Waals surface area contributed by atoms with Crippen molar-refractivity contribution in [2.24, 2.45) is 0 Å². The van der Waals surface area contributed by atoms with Crippen LogP contribution in [-0.2, 0) is 21.2 Å². The minimum atomic E-state index is -3.73. The SMILES string of the molecule is O=C(O)[C@H](CO)NS(=O)(=O)CCc1ccccc1. The number of hydrogen-bond acceptors (Lipinski definition) is 4. The van der Waals surface area contributed by atoms with Gasteiger partial charge < -0.3 is 10.2 Å². The topological polar surface area (TPSA) is 104 Å². The van der Waals surface area contributed by atoms with Crippen LogP contribution in [0.25, 0.3) is 0 Å². The van der Waals surface area contributed by atoms with Gasteiger partial charge in [0.1, 0.15) is 6.04 Å². The Morgan fingerprint density at radius 1 is 1.28 bits per heavy atom. The lowest BCUT2D eigenvalue weighted by Crippen LogP contribution is -2.44. The summed E-state index contributed by atoms with van der Waals surface area (Å²) in [6.45, 7) is -0.778. The van der Waals surface area contributed by atoms with E-state index in [1.54, 1.807) is 24.3 Å². The van der Waals surface area contributed by atoms with Crippen molar-refractivity contribution in [2.45, 2.75) is 12.5 Å². The molecule has 0 heterocycles. The molecular formula is C11H15NO5S. The van der Waals surface area contributed by atoms with Gasteiger partial charge in [-0.15, -0.1) is 0 Å². The second kappa shape index (κ2) is 6.48. The summed E-state index contributed by atoms with van der Waals surface area (Å²) >= 11 is 0. The molecule has 7 heteroatoms. The van der Waals surface area contributed by atoms with Crippen molar-refractivity contribution in [1.82, 2.24) is 4.72 Å². The molecule has 0 spiro atoms. The van der Waals surface area contributed by atoms with E-state index in [1.165, 1.54) is 0 Å². The highest BCUT2D eigenvalue weighted by Gasteiger charge is 2.22. The number of rotatable bonds is 7. The minimum absolute atomic E-state index is 0.221. The third-order valence-corrected chi connectivity index (χ3v) is 3.69. The number of carboxylic acid groups (broad SMARTS) is 1. The molecule has 1 atom stereocenters. The van der Waals surface area contributed by atoms with Crippen LogP contribution in [0, 0.1) is 0 Å². The number of aryl methyl sites for hydroxylation is 1. The second-order valence-electron chi connectivity index (χ2n) is 3.75. The summed E-state index contributed by atoms with van der Waals surface area (Å²) in [7, 11) is -3.73. The normalized spacial score (nSPS) is 13.2. The van der Waals surface area contributed by atoms with Crippen molar-refractivity contribution in [2.75, 3.05) is 12.4 Å². The second-order valence-corrected chi connectivity index (χ2v) is 5.62. The van der Waals surface area contributed by atoms with Crippen molar-refractivity contribution in [3.05, 3.63) is 35.9 Å². The quantitative estimate of drug-likeness (QED) is 0.627. The van der Waals surface area contributed by atoms with Crippen LogP contribution in [0.1, 0.15) is 5.56 Å². The molecule has 0 saturated heterocycles. The number of hydrogen-bond donors (Lipinski definition) is 3. The van der Waals surface area contributed by atoms with E-state index in [4.69, 9.17) is 10.2 Å². The highest BCUT2D eigenvalue weighted by atomic mass is 32.2. The number of aliphatic hydroxyl groups excluding tert-OH is 1. The molecule has 0 fully saturated rings. The fourth-order valence-corrected chi connectivity index (χ4v) is 2.57. The van der Waals surface area contributed by atoms with E-state index in [9.17, 15) is 13.2 Å². The number of aliphatic carboxylic acids is 1. The zero-order chi connectivity index (χ0) is 13.6. The highest BCUT2D eigenvalue weighted by Crippen LogP contribution is 2.02. The molecule has 1 rings (SSSR count). The summed E-state index contributed by atoms with van der Waals surface area (Å²) in [5.74, 6) is -1.62. The van der Waals surface area contributed by atoms with Gasteiger partial charge in [-0.1, -0.05) is 30.3 Å². The maximum absolute atomic E-state index is 11.6. The van der Waals surface area contributed by atoms with E-state index in [1.807, 2.05) is 10.8 Å². The van der Waals surface area contributed by atoms with Crippen LogP contribution in [-0.4, -0.2) is 43.0 Å². The first kappa shape index (κ1) is 14.6. The number of carboxylic acids is 1. The maximum atomic E-state index is 11.6. The molecule has 6 nitrogen and oxygen atoms in total. The first-order chi connectivity index (χ1) is 8.44. The Hall–Kier alpha value is -1.44. The molecule has 0 saturated carbocycles. The molecule has 0 aliphatic carbocycles. The zero-order valence-corrected chi connectivity index (χ0v) is 10.4. The summed E-state index contributed by atoms with van der Waals surface area (Å²) in [5, 5.41) is 17.4. The summed E-state index contributed by atoms with van der Waals surface area (Å²) < 4.78 is 25.1. The lowest BCUT2D eigenvalue weighted by atomic mass is 10.2. The molecule has 100 valence electrons. The summed E-state index contributed by atoms with van der Waals surface area (Å²) in [5.41, 5.74) is 0.846. The standard InChI is InChI=1S/C11H15NO5S/c13-8-10(11(14)15)12-18(16,17)7-6-9-4-2-1-3-5-9/h1-5,10,12-13H,6-8H2,(H,14,15)/t10-/m0/s1. The van der Waals surface area contributed by atoms with E-state index in [0.29, 0.717) is 0 Å². The molecule has 0 bridgehead atoms. The molecule has 1 aromatic carbocycles. The molecule has 0 unspecified atom stereocenters. The van der Waals surface area contributed by atoms with Crippen molar-refractivity contribution in [3.8, 4) is 0 Å². The molecule has 0 aliphatic heterocycles. The maximum Gasteiger partial charge on any atom is 0.324 e. The Morgan fingerprint density at radius 2 is 1.89 bits per heavy atom. The average Bonchev–Trinajstić information content (AvgIpc) is 2.35. The van der Waals surface area contributed by atoms with Crippen molar-refractivity contribution < 1.29 is 23.4 Å². The third-order valence-electron chi connectivity index (χ3n) is 2.30. The zero-order valence-electron chi connectivity index (χ0n) is 9.61. The average molecular weight is 273 g/mol. The first-order valence-electron chi connectivity index (χ1n) is 5.32. The van der Waals surface area contributed by atoms with E-state index >= 15 is 0 Å². The van der Waals surface area contributed by atoms with Crippen LogP contribution >= 0.6 is 0 Å². The molecule has 1 aromatic rings. The van der Waals surface area contributed by atoms with Gasteiger partial charge in [0.2, 0.25) is 10.0 Å². The van der Waals surface area contributed by atoms with Gasteiger partial charge >= 0.3 is 5.97 Å². The van der Waals surface area contributed by atoms with Gasteiger partial charge in [-0.05, 0) is 12.0 Å². The van der Waals surface area contributed by atoms with Crippen LogP contribution < -0.4 is 4.72 Å². The van der Waals surface area contributed by atoms with Crippen LogP contribution in [0.5, 0.6) is 0 Å². The van der Waals surface area contributed by atoms with Crippen molar-refractivity contribution in [3.63, 3.8) is 0 Å². The Morgan fingerprint density at radius 3 is 2.39 bits per heavy atom. The lowest BCUT2D eigenvalue weighted by molar-refractivity contribution is -0.139. The van der Waals surface area contributed by atoms with Crippen LogP contribution in [0.15, 0.2) is 30.3 Å². The van der Waals surface area contributed by atoms with E-state index < -0.39 is 28.6 Å². The molecule has 0 radical (unpaired) electrons. The molecule has 18 heavy (non-hydrogen) atoms. The van der Waals surface area contributed by atoms with Gasteiger partial charge in [0.25, 0.3) is 0 Å². The number of carbonyl (C=O) groups is 1. The van der Waals surface area contributed by atoms with Gasteiger partial charge in [-0.25, -0.2) is 8.42 Å². The lowest BCUT2D eigenvalue weighted by Gasteiger charge is -2.12. The Kier molecular flexibility index (Phi) is 5.26. The molecule has 3 N–H and O–H groups in total. The van der Waals surface area contributed by atoms with Crippen molar-refractivity contribution in [1.29, 1.82) is 0 Å². The summed E-state index contributed by atoms with van der Waals surface area (Å²) in [6, 6.07) is 7.49. The predicted octanol–water partition coefficient (Wildman–Crippen LogP) is -0.406. The van der Waals surface area contributed by atoms with E-state index in [-0.39, 0.29) is 12.2 Å². The fourth-order valence-electron chi connectivity index (χ4n) is 1.34. The third kappa shape index (κ3) is 4.82. The summed E-state index contributed by atoms with van der Waals surface area (Å²) in [6.07, 6.45) is 0.286. The predicted molar refractivity (Wildman–Crippen MR) is 65.6 cm³/mol. The van der Waals surface area contributed by atoms with Crippen LogP contribution in [0.3, 0.4) is 0 Å². The molecule has 0 aromatic heterocycles. The van der Waals surface area contributed by atoms with E-state index in [0.717, 1.165) is 5.56 Å². The number of sulfonamides is 1. The molecule has 0 amide bonds. The number of aliphatic hydroxyl groups is 1. The Labute approximate surface area is 105 Å². The summed E-state index contributed by atoms with van der Waals surface area (Å²) in [4.78, 5) is 10.6. The van der Waals surface area contributed by atoms with E-state index in [2.05, 4.69) is 0 Å². The van der Waals surface area contributed by atoms with Gasteiger partial charge in [0.15, 0.2) is 0 Å². The van der Waals surface area contributed by atoms with Crippen LogP contribution in [0.4, 0.5) is 0 Å². The fraction of sp³-hybridized carbons (Fsp3) is 0.364. The monoisotopic (exact) mass is 273 g/mol. The van der Waals surface area contributed by atoms with Gasteiger partial charge in [0.05, 0.1) is 12.4 Å². The van der Waals surface area contributed by atoms with Gasteiger partial charge in [-0.2, -0.15) is 4.72 Å². The largest absolute Gasteiger partial charge is 0.480 e. The minimum Gasteiger partial charge on any atom is -0.480 e.